The van der Waals surface area contributed by atoms with Crippen molar-refractivity contribution in [2.24, 2.45) is 0 Å². The highest BCUT2D eigenvalue weighted by Gasteiger charge is 2.45. The molecule has 2 aromatic carbocycles. The van der Waals surface area contributed by atoms with E-state index in [0.29, 0.717) is 31.9 Å². The average molecular weight is 465 g/mol. The molecule has 4 rings (SSSR count). The van der Waals surface area contributed by atoms with Gasteiger partial charge in [0.25, 0.3) is 11.7 Å². The first kappa shape index (κ1) is 24.0. The molecular formula is C27H32N2O5. The van der Waals surface area contributed by atoms with E-state index in [1.165, 1.54) is 0 Å². The van der Waals surface area contributed by atoms with Crippen LogP contribution in [-0.4, -0.2) is 72.6 Å². The molecule has 34 heavy (non-hydrogen) atoms. The number of benzene rings is 2. The standard InChI is InChI=1S/C27H32N2O5/c1-2-17-34-22-11-9-20(10-12-22)24-23(25(30)21-7-4-3-5-8-21)26(31)27(32)29(24)14-6-13-28-15-18-33-19-16-28/h3-5,7-12,24,30H,2,6,13-19H2,1H3/t24-/m1/s1. The Labute approximate surface area is 200 Å². The maximum Gasteiger partial charge on any atom is 0.295 e. The number of likely N-dealkylation sites (tertiary alicyclic amines) is 1. The molecule has 0 aliphatic carbocycles. The second-order valence-corrected chi connectivity index (χ2v) is 8.58. The van der Waals surface area contributed by atoms with Gasteiger partial charge in [0.2, 0.25) is 0 Å². The normalized spacial score (nSPS) is 20.6. The van der Waals surface area contributed by atoms with Crippen LogP contribution in [0.15, 0.2) is 60.2 Å². The first-order chi connectivity index (χ1) is 16.6. The molecule has 180 valence electrons. The van der Waals surface area contributed by atoms with E-state index in [1.807, 2.05) is 37.3 Å². The molecule has 2 fully saturated rings. The zero-order chi connectivity index (χ0) is 23.9. The Morgan fingerprint density at radius 1 is 1.03 bits per heavy atom. The third-order valence-electron chi connectivity index (χ3n) is 6.23. The predicted molar refractivity (Wildman–Crippen MR) is 130 cm³/mol. The van der Waals surface area contributed by atoms with Gasteiger partial charge >= 0.3 is 0 Å². The van der Waals surface area contributed by atoms with E-state index in [4.69, 9.17) is 9.47 Å². The number of aliphatic hydroxyl groups is 1. The molecule has 1 amide bonds. The number of rotatable bonds is 9. The maximum atomic E-state index is 13.1. The van der Waals surface area contributed by atoms with Gasteiger partial charge in [0.1, 0.15) is 11.5 Å². The molecule has 0 bridgehead atoms. The van der Waals surface area contributed by atoms with Crippen molar-refractivity contribution in [2.45, 2.75) is 25.8 Å². The van der Waals surface area contributed by atoms with Gasteiger partial charge in [-0.2, -0.15) is 0 Å². The lowest BCUT2D eigenvalue weighted by atomic mass is 9.95. The number of ether oxygens (including phenoxy) is 2. The number of morpholine rings is 1. The summed E-state index contributed by atoms with van der Waals surface area (Å²) < 4.78 is 11.1. The van der Waals surface area contributed by atoms with Gasteiger partial charge in [-0.25, -0.2) is 0 Å². The number of hydrogen-bond acceptors (Lipinski definition) is 6. The molecule has 2 aromatic rings. The van der Waals surface area contributed by atoms with Crippen molar-refractivity contribution in [1.82, 2.24) is 9.80 Å². The van der Waals surface area contributed by atoms with Crippen LogP contribution in [0.25, 0.3) is 5.76 Å². The molecule has 0 aromatic heterocycles. The van der Waals surface area contributed by atoms with Crippen LogP contribution >= 0.6 is 0 Å². The summed E-state index contributed by atoms with van der Waals surface area (Å²) >= 11 is 0. The van der Waals surface area contributed by atoms with Gasteiger partial charge in [-0.1, -0.05) is 49.4 Å². The fourth-order valence-corrected chi connectivity index (χ4v) is 4.46. The van der Waals surface area contributed by atoms with Gasteiger partial charge in [-0.05, 0) is 30.5 Å². The SMILES string of the molecule is CCCOc1ccc([C@@H]2C(=C(O)c3ccccc3)C(=O)C(=O)N2CCCN2CCOCC2)cc1. The van der Waals surface area contributed by atoms with Crippen LogP contribution in [0, 0.1) is 0 Å². The molecule has 0 unspecified atom stereocenters. The molecular weight excluding hydrogens is 432 g/mol. The molecule has 0 radical (unpaired) electrons. The van der Waals surface area contributed by atoms with Gasteiger partial charge in [-0.15, -0.1) is 0 Å². The molecule has 2 saturated heterocycles. The van der Waals surface area contributed by atoms with Gasteiger partial charge in [0, 0.05) is 31.7 Å². The minimum Gasteiger partial charge on any atom is -0.507 e. The number of carbonyl (C=O) groups is 2. The lowest BCUT2D eigenvalue weighted by molar-refractivity contribution is -0.140. The Hall–Kier alpha value is -3.16. The second-order valence-electron chi connectivity index (χ2n) is 8.58. The zero-order valence-electron chi connectivity index (χ0n) is 19.6. The maximum absolute atomic E-state index is 13.1. The summed E-state index contributed by atoms with van der Waals surface area (Å²) in [5, 5.41) is 11.1. The molecule has 2 heterocycles. The largest absolute Gasteiger partial charge is 0.507 e. The van der Waals surface area contributed by atoms with E-state index >= 15 is 0 Å². The van der Waals surface area contributed by atoms with E-state index in [9.17, 15) is 14.7 Å². The number of Topliss-reactive ketones (excluding diaryl/α,β-unsaturated/α-hetero) is 1. The van der Waals surface area contributed by atoms with Crippen molar-refractivity contribution in [1.29, 1.82) is 0 Å². The third-order valence-corrected chi connectivity index (χ3v) is 6.23. The summed E-state index contributed by atoms with van der Waals surface area (Å²) in [4.78, 5) is 30.1. The van der Waals surface area contributed by atoms with Crippen molar-refractivity contribution < 1.29 is 24.2 Å². The van der Waals surface area contributed by atoms with Crippen LogP contribution in [0.1, 0.15) is 36.9 Å². The first-order valence-electron chi connectivity index (χ1n) is 12.0. The van der Waals surface area contributed by atoms with E-state index in [2.05, 4.69) is 4.90 Å². The van der Waals surface area contributed by atoms with Crippen molar-refractivity contribution >= 4 is 17.4 Å². The summed E-state index contributed by atoms with van der Waals surface area (Å²) in [5.74, 6) is -0.635. The van der Waals surface area contributed by atoms with E-state index in [0.717, 1.165) is 43.8 Å². The Morgan fingerprint density at radius 2 is 1.74 bits per heavy atom. The lowest BCUT2D eigenvalue weighted by Gasteiger charge is -2.29. The van der Waals surface area contributed by atoms with Crippen molar-refractivity contribution in [3.63, 3.8) is 0 Å². The molecule has 7 heteroatoms. The lowest BCUT2D eigenvalue weighted by Crippen LogP contribution is -2.38. The fourth-order valence-electron chi connectivity index (χ4n) is 4.46. The van der Waals surface area contributed by atoms with Crippen LogP contribution in [-0.2, 0) is 14.3 Å². The summed E-state index contributed by atoms with van der Waals surface area (Å²) in [6, 6.07) is 15.7. The summed E-state index contributed by atoms with van der Waals surface area (Å²) in [6.07, 6.45) is 1.63. The number of carbonyl (C=O) groups excluding carboxylic acids is 2. The molecule has 0 saturated carbocycles. The highest BCUT2D eigenvalue weighted by Crippen LogP contribution is 2.39. The van der Waals surface area contributed by atoms with Gasteiger partial charge in [-0.3, -0.25) is 14.5 Å². The minimum absolute atomic E-state index is 0.129. The van der Waals surface area contributed by atoms with Crippen molar-refractivity contribution in [2.75, 3.05) is 46.0 Å². The zero-order valence-corrected chi connectivity index (χ0v) is 19.6. The highest BCUT2D eigenvalue weighted by molar-refractivity contribution is 6.46. The van der Waals surface area contributed by atoms with Gasteiger partial charge in [0.15, 0.2) is 0 Å². The van der Waals surface area contributed by atoms with E-state index < -0.39 is 17.7 Å². The quantitative estimate of drug-likeness (QED) is 0.347. The molecule has 2 aliphatic rings. The van der Waals surface area contributed by atoms with Crippen LogP contribution in [0.3, 0.4) is 0 Å². The average Bonchev–Trinajstić information content (AvgIpc) is 3.13. The van der Waals surface area contributed by atoms with Gasteiger partial charge in [0.05, 0.1) is 31.4 Å². The summed E-state index contributed by atoms with van der Waals surface area (Å²) in [6.45, 7) is 7.08. The third kappa shape index (κ3) is 5.32. The van der Waals surface area contributed by atoms with Gasteiger partial charge < -0.3 is 19.5 Å². The fraction of sp³-hybridized carbons (Fsp3) is 0.407. The number of aliphatic hydroxyl groups excluding tert-OH is 1. The van der Waals surface area contributed by atoms with Crippen molar-refractivity contribution in [3.05, 3.63) is 71.3 Å². The second kappa shape index (κ2) is 11.3. The van der Waals surface area contributed by atoms with Crippen LogP contribution in [0.4, 0.5) is 0 Å². The smallest absolute Gasteiger partial charge is 0.295 e. The highest BCUT2D eigenvalue weighted by atomic mass is 16.5. The monoisotopic (exact) mass is 464 g/mol. The predicted octanol–water partition coefficient (Wildman–Crippen LogP) is 3.62. The molecule has 7 nitrogen and oxygen atoms in total. The molecule has 0 spiro atoms. The molecule has 1 N–H and O–H groups in total. The Bertz CT molecular complexity index is 1010. The number of hydrogen-bond donors (Lipinski definition) is 1. The molecule has 2 aliphatic heterocycles. The molecule has 1 atom stereocenters. The van der Waals surface area contributed by atoms with Crippen molar-refractivity contribution in [3.8, 4) is 5.75 Å². The Kier molecular flexibility index (Phi) is 7.98. The summed E-state index contributed by atoms with van der Waals surface area (Å²) in [7, 11) is 0. The van der Waals surface area contributed by atoms with Crippen LogP contribution in [0.5, 0.6) is 5.75 Å². The number of amides is 1. The van der Waals surface area contributed by atoms with E-state index in [1.54, 1.807) is 29.2 Å². The number of nitrogens with zero attached hydrogens (tertiary/aromatic N) is 2. The first-order valence-corrected chi connectivity index (χ1v) is 12.0. The topological polar surface area (TPSA) is 79.3 Å². The van der Waals surface area contributed by atoms with Crippen LogP contribution in [0.2, 0.25) is 0 Å². The van der Waals surface area contributed by atoms with E-state index in [-0.39, 0.29) is 11.3 Å². The Balaban J connectivity index is 1.63. The minimum atomic E-state index is -0.649. The number of ketones is 1. The van der Waals surface area contributed by atoms with Crippen LogP contribution < -0.4 is 4.74 Å². The summed E-state index contributed by atoms with van der Waals surface area (Å²) in [5.41, 5.74) is 1.42. The Morgan fingerprint density at radius 3 is 2.41 bits per heavy atom.